The Kier molecular flexibility index (Phi) is 10.4. The number of hydrogen-bond donors (Lipinski definition) is 1. The lowest BCUT2D eigenvalue weighted by atomic mass is 9.95. The molecule has 0 radical (unpaired) electrons. The highest BCUT2D eigenvalue weighted by atomic mass is 35.5. The molecule has 1 N–H and O–H groups in total. The van der Waals surface area contributed by atoms with Crippen LogP contribution in [0, 0.1) is 0 Å². The molecule has 0 saturated carbocycles. The van der Waals surface area contributed by atoms with Gasteiger partial charge in [0.05, 0.1) is 24.8 Å². The summed E-state index contributed by atoms with van der Waals surface area (Å²) in [6.07, 6.45) is 3.79. The van der Waals surface area contributed by atoms with Gasteiger partial charge in [-0.1, -0.05) is 37.4 Å². The first kappa shape index (κ1) is 28.5. The van der Waals surface area contributed by atoms with Gasteiger partial charge in [-0.15, -0.1) is 0 Å². The van der Waals surface area contributed by atoms with Crippen molar-refractivity contribution >= 4 is 29.1 Å². The van der Waals surface area contributed by atoms with Gasteiger partial charge >= 0.3 is 0 Å². The summed E-state index contributed by atoms with van der Waals surface area (Å²) in [6.45, 7) is 6.15. The summed E-state index contributed by atoms with van der Waals surface area (Å²) < 4.78 is 11.8. The molecule has 0 aliphatic carbocycles. The second-order valence-electron chi connectivity index (χ2n) is 9.35. The Bertz CT molecular complexity index is 1110. The Morgan fingerprint density at radius 2 is 1.73 bits per heavy atom. The third-order valence-electron chi connectivity index (χ3n) is 6.25. The molecule has 1 aliphatic heterocycles. The summed E-state index contributed by atoms with van der Waals surface area (Å²) in [5.41, 5.74) is 1.14. The monoisotopic (exact) mass is 528 g/mol. The molecule has 2 aromatic rings. The molecule has 1 unspecified atom stereocenters. The van der Waals surface area contributed by atoms with Crippen molar-refractivity contribution in [2.24, 2.45) is 0 Å². The number of benzene rings is 2. The molecule has 1 saturated heterocycles. The molecule has 1 atom stereocenters. The van der Waals surface area contributed by atoms with Gasteiger partial charge in [0.2, 0.25) is 0 Å². The van der Waals surface area contributed by atoms with Crippen molar-refractivity contribution in [2.75, 3.05) is 40.4 Å². The standard InChI is InChI=1S/C29H37ClN2O5/c1-5-7-8-18-37-23-15-12-21(19-24(23)36-6-2)26-25(27(33)20-10-13-22(30)14-11-20)28(34)29(35)32(26)17-9-16-31(3)4/h10-15,19,26,33H,5-9,16-18H2,1-4H3. The van der Waals surface area contributed by atoms with Gasteiger partial charge in [-0.3, -0.25) is 9.59 Å². The Balaban J connectivity index is 2.06. The molecule has 1 heterocycles. The van der Waals surface area contributed by atoms with Gasteiger partial charge in [0, 0.05) is 17.1 Å². The van der Waals surface area contributed by atoms with Crippen LogP contribution in [-0.2, 0) is 9.59 Å². The van der Waals surface area contributed by atoms with Crippen molar-refractivity contribution in [1.82, 2.24) is 9.80 Å². The van der Waals surface area contributed by atoms with Crippen molar-refractivity contribution < 1.29 is 24.2 Å². The molecule has 1 fully saturated rings. The van der Waals surface area contributed by atoms with Crippen molar-refractivity contribution in [2.45, 2.75) is 45.6 Å². The second-order valence-corrected chi connectivity index (χ2v) is 9.79. The topological polar surface area (TPSA) is 79.3 Å². The molecular weight excluding hydrogens is 492 g/mol. The lowest BCUT2D eigenvalue weighted by Crippen LogP contribution is -2.32. The number of aliphatic hydroxyl groups is 1. The van der Waals surface area contributed by atoms with Crippen molar-refractivity contribution in [1.29, 1.82) is 0 Å². The van der Waals surface area contributed by atoms with E-state index in [2.05, 4.69) is 6.92 Å². The largest absolute Gasteiger partial charge is 0.507 e. The normalized spacial score (nSPS) is 17.0. The van der Waals surface area contributed by atoms with Crippen molar-refractivity contribution in [3.8, 4) is 11.5 Å². The minimum Gasteiger partial charge on any atom is -0.507 e. The number of unbranched alkanes of at least 4 members (excludes halogenated alkanes) is 2. The number of hydrogen-bond acceptors (Lipinski definition) is 6. The molecule has 3 rings (SSSR count). The molecule has 7 nitrogen and oxygen atoms in total. The highest BCUT2D eigenvalue weighted by Crippen LogP contribution is 2.42. The van der Waals surface area contributed by atoms with Crippen molar-refractivity contribution in [3.05, 3.63) is 64.2 Å². The number of Topliss-reactive ketones (excluding diaryl/α,β-unsaturated/α-hetero) is 1. The number of halogens is 1. The van der Waals surface area contributed by atoms with Gasteiger partial charge < -0.3 is 24.4 Å². The Hall–Kier alpha value is -3.03. The average molecular weight is 529 g/mol. The Labute approximate surface area is 224 Å². The summed E-state index contributed by atoms with van der Waals surface area (Å²) >= 11 is 6.02. The maximum absolute atomic E-state index is 13.3. The number of amides is 1. The van der Waals surface area contributed by atoms with E-state index in [1.807, 2.05) is 44.1 Å². The molecular formula is C29H37ClN2O5. The summed E-state index contributed by atoms with van der Waals surface area (Å²) in [4.78, 5) is 30.0. The van der Waals surface area contributed by atoms with Gasteiger partial charge in [-0.05, 0) is 82.4 Å². The van der Waals surface area contributed by atoms with Crippen LogP contribution in [-0.4, -0.2) is 67.0 Å². The maximum Gasteiger partial charge on any atom is 0.295 e. The zero-order chi connectivity index (χ0) is 26.9. The number of ether oxygens (including phenoxy) is 2. The van der Waals surface area contributed by atoms with Crippen LogP contribution in [0.4, 0.5) is 0 Å². The fourth-order valence-corrected chi connectivity index (χ4v) is 4.52. The van der Waals surface area contributed by atoms with Crippen LogP contribution in [0.15, 0.2) is 48.0 Å². The molecule has 8 heteroatoms. The van der Waals surface area contributed by atoms with Crippen molar-refractivity contribution in [3.63, 3.8) is 0 Å². The zero-order valence-electron chi connectivity index (χ0n) is 22.1. The molecule has 0 spiro atoms. The third-order valence-corrected chi connectivity index (χ3v) is 6.50. The summed E-state index contributed by atoms with van der Waals surface area (Å²) in [7, 11) is 3.92. The van der Waals surface area contributed by atoms with E-state index < -0.39 is 17.7 Å². The number of aliphatic hydroxyl groups excluding tert-OH is 1. The third kappa shape index (κ3) is 7.05. The smallest absolute Gasteiger partial charge is 0.295 e. The Morgan fingerprint density at radius 1 is 1.00 bits per heavy atom. The van der Waals surface area contributed by atoms with Gasteiger partial charge in [0.1, 0.15) is 5.76 Å². The second kappa shape index (κ2) is 13.5. The van der Waals surface area contributed by atoms with Crippen LogP contribution in [0.1, 0.15) is 56.7 Å². The van der Waals surface area contributed by atoms with Crippen LogP contribution < -0.4 is 9.47 Å². The predicted octanol–water partition coefficient (Wildman–Crippen LogP) is 5.68. The van der Waals surface area contributed by atoms with Crippen LogP contribution in [0.25, 0.3) is 5.76 Å². The number of rotatable bonds is 13. The molecule has 37 heavy (non-hydrogen) atoms. The first-order chi connectivity index (χ1) is 17.8. The van der Waals surface area contributed by atoms with Crippen LogP contribution >= 0.6 is 11.6 Å². The summed E-state index contributed by atoms with van der Waals surface area (Å²) in [5, 5.41) is 11.7. The van der Waals surface area contributed by atoms with E-state index in [1.165, 1.54) is 0 Å². The highest BCUT2D eigenvalue weighted by molar-refractivity contribution is 6.46. The van der Waals surface area contributed by atoms with Crippen LogP contribution in [0.5, 0.6) is 11.5 Å². The fraction of sp³-hybridized carbons (Fsp3) is 0.448. The van der Waals surface area contributed by atoms with Crippen LogP contribution in [0.3, 0.4) is 0 Å². The SMILES string of the molecule is CCCCCOc1ccc(C2C(=C(O)c3ccc(Cl)cc3)C(=O)C(=O)N2CCCN(C)C)cc1OCC. The number of nitrogens with zero attached hydrogens (tertiary/aromatic N) is 2. The molecule has 0 bridgehead atoms. The predicted molar refractivity (Wildman–Crippen MR) is 146 cm³/mol. The van der Waals surface area contributed by atoms with Gasteiger partial charge in [0.25, 0.3) is 11.7 Å². The van der Waals surface area contributed by atoms with E-state index in [4.69, 9.17) is 21.1 Å². The lowest BCUT2D eigenvalue weighted by Gasteiger charge is -2.26. The van der Waals surface area contributed by atoms with Gasteiger partial charge in [-0.25, -0.2) is 0 Å². The van der Waals surface area contributed by atoms with E-state index in [-0.39, 0.29) is 11.3 Å². The first-order valence-corrected chi connectivity index (χ1v) is 13.2. The molecule has 1 aliphatic rings. The quantitative estimate of drug-likeness (QED) is 0.156. The maximum atomic E-state index is 13.3. The summed E-state index contributed by atoms with van der Waals surface area (Å²) in [5.74, 6) is -0.406. The van der Waals surface area contributed by atoms with E-state index in [0.717, 1.165) is 25.8 Å². The average Bonchev–Trinajstić information content (AvgIpc) is 3.12. The molecule has 200 valence electrons. The van der Waals surface area contributed by atoms with E-state index >= 15 is 0 Å². The van der Waals surface area contributed by atoms with E-state index in [1.54, 1.807) is 29.2 Å². The highest BCUT2D eigenvalue weighted by Gasteiger charge is 2.46. The van der Waals surface area contributed by atoms with Gasteiger partial charge in [0.15, 0.2) is 11.5 Å². The van der Waals surface area contributed by atoms with E-state index in [9.17, 15) is 14.7 Å². The van der Waals surface area contributed by atoms with E-state index in [0.29, 0.717) is 53.8 Å². The number of carbonyl (C=O) groups excluding carboxylic acids is 2. The minimum atomic E-state index is -0.758. The van der Waals surface area contributed by atoms with Gasteiger partial charge in [-0.2, -0.15) is 0 Å². The number of ketones is 1. The zero-order valence-corrected chi connectivity index (χ0v) is 22.9. The van der Waals surface area contributed by atoms with Crippen LogP contribution in [0.2, 0.25) is 5.02 Å². The number of likely N-dealkylation sites (tertiary alicyclic amines) is 1. The Morgan fingerprint density at radius 3 is 2.38 bits per heavy atom. The minimum absolute atomic E-state index is 0.0521. The first-order valence-electron chi connectivity index (χ1n) is 12.9. The number of carbonyl (C=O) groups is 2. The molecule has 0 aromatic heterocycles. The molecule has 2 aromatic carbocycles. The fourth-order valence-electron chi connectivity index (χ4n) is 4.39. The molecule has 1 amide bonds. The summed E-state index contributed by atoms with van der Waals surface area (Å²) in [6, 6.07) is 11.2. The lowest BCUT2D eigenvalue weighted by molar-refractivity contribution is -0.139.